The molecule has 0 spiro atoms. The second-order valence-electron chi connectivity index (χ2n) is 11.4. The molecular formula is C38H28N4S. The summed E-state index contributed by atoms with van der Waals surface area (Å²) in [7, 11) is 0. The molecule has 8 aromatic rings. The molecule has 4 aromatic carbocycles. The normalized spacial score (nSPS) is 11.8. The van der Waals surface area contributed by atoms with Crippen molar-refractivity contribution < 1.29 is 0 Å². The fraction of sp³-hybridized carbons (Fsp3) is 0.105. The Kier molecular flexibility index (Phi) is 6.02. The van der Waals surface area contributed by atoms with Crippen molar-refractivity contribution in [3.05, 3.63) is 121 Å². The molecule has 8 rings (SSSR count). The topological polar surface area (TPSA) is 51.6 Å². The van der Waals surface area contributed by atoms with Gasteiger partial charge in [0.1, 0.15) is 0 Å². The summed E-state index contributed by atoms with van der Waals surface area (Å²) in [4.78, 5) is 20.2. The summed E-state index contributed by atoms with van der Waals surface area (Å²) in [5.74, 6) is 1.04. The van der Waals surface area contributed by atoms with E-state index in [2.05, 4.69) is 105 Å². The van der Waals surface area contributed by atoms with Gasteiger partial charge in [0.2, 0.25) is 0 Å². The predicted molar refractivity (Wildman–Crippen MR) is 181 cm³/mol. The van der Waals surface area contributed by atoms with E-state index in [0.29, 0.717) is 5.92 Å². The molecule has 0 saturated heterocycles. The van der Waals surface area contributed by atoms with Crippen LogP contribution < -0.4 is 0 Å². The number of aromatic nitrogens is 4. The van der Waals surface area contributed by atoms with Crippen LogP contribution in [0.15, 0.2) is 109 Å². The molecule has 0 aliphatic carbocycles. The average Bonchev–Trinajstić information content (AvgIpc) is 3.43. The first-order valence-electron chi connectivity index (χ1n) is 14.6. The number of pyridine rings is 2. The van der Waals surface area contributed by atoms with Crippen LogP contribution in [0.3, 0.4) is 0 Å². The SMILES string of the molecule is Cc1ccc2ccc3c(-c4ccc(-c5nc(-c6ccccc6)nc6c5sc5ccccc56)cc4)cc(C(C)C)nc3c2n1. The summed E-state index contributed by atoms with van der Waals surface area (Å²) >= 11 is 1.76. The maximum atomic E-state index is 5.15. The lowest BCUT2D eigenvalue weighted by molar-refractivity contribution is 0.831. The van der Waals surface area contributed by atoms with Crippen LogP contribution in [0.2, 0.25) is 0 Å². The quantitative estimate of drug-likeness (QED) is 0.197. The number of thiophene rings is 1. The Morgan fingerprint density at radius 3 is 2.14 bits per heavy atom. The van der Waals surface area contributed by atoms with Crippen molar-refractivity contribution in [2.24, 2.45) is 0 Å². The van der Waals surface area contributed by atoms with Gasteiger partial charge in [0.15, 0.2) is 5.82 Å². The van der Waals surface area contributed by atoms with Crippen molar-refractivity contribution in [2.45, 2.75) is 26.7 Å². The molecular weight excluding hydrogens is 545 g/mol. The first-order valence-corrected chi connectivity index (χ1v) is 15.4. The minimum atomic E-state index is 0.293. The van der Waals surface area contributed by atoms with Gasteiger partial charge in [-0.1, -0.05) is 105 Å². The van der Waals surface area contributed by atoms with E-state index < -0.39 is 0 Å². The van der Waals surface area contributed by atoms with Crippen molar-refractivity contribution in [3.63, 3.8) is 0 Å². The highest BCUT2D eigenvalue weighted by molar-refractivity contribution is 7.26. The third-order valence-corrected chi connectivity index (χ3v) is 9.28. The maximum absolute atomic E-state index is 5.15. The molecule has 0 N–H and O–H groups in total. The van der Waals surface area contributed by atoms with E-state index in [0.717, 1.165) is 71.6 Å². The van der Waals surface area contributed by atoms with Gasteiger partial charge in [-0.25, -0.2) is 9.97 Å². The fourth-order valence-corrected chi connectivity index (χ4v) is 6.99. The number of benzene rings is 4. The van der Waals surface area contributed by atoms with Crippen LogP contribution in [0.25, 0.3) is 75.9 Å². The third kappa shape index (κ3) is 4.36. The second-order valence-corrected chi connectivity index (χ2v) is 12.4. The largest absolute Gasteiger partial charge is 0.251 e. The van der Waals surface area contributed by atoms with E-state index in [4.69, 9.17) is 19.9 Å². The van der Waals surface area contributed by atoms with Gasteiger partial charge in [0, 0.05) is 43.4 Å². The van der Waals surface area contributed by atoms with Crippen molar-refractivity contribution >= 4 is 53.4 Å². The van der Waals surface area contributed by atoms with Gasteiger partial charge >= 0.3 is 0 Å². The Bertz CT molecular complexity index is 2320. The van der Waals surface area contributed by atoms with Gasteiger partial charge in [0.25, 0.3) is 0 Å². The van der Waals surface area contributed by atoms with Crippen LogP contribution in [0.4, 0.5) is 0 Å². The van der Waals surface area contributed by atoms with E-state index in [1.165, 1.54) is 15.6 Å². The highest BCUT2D eigenvalue weighted by Crippen LogP contribution is 2.40. The summed E-state index contributed by atoms with van der Waals surface area (Å²) in [6, 6.07) is 38.3. The molecule has 0 bridgehead atoms. The molecule has 0 amide bonds. The first-order chi connectivity index (χ1) is 21.0. The Morgan fingerprint density at radius 2 is 1.33 bits per heavy atom. The lowest BCUT2D eigenvalue weighted by Crippen LogP contribution is -1.97. The monoisotopic (exact) mass is 572 g/mol. The molecule has 0 saturated carbocycles. The lowest BCUT2D eigenvalue weighted by atomic mass is 9.95. The standard InChI is InChI=1S/C38H28N4S/c1-22(2)31-21-30(28-20-19-25-14-13-23(3)39-33(25)35(28)40-31)24-15-17-26(18-16-24)34-37-36(29-11-7-8-12-32(29)43-37)42-38(41-34)27-9-5-4-6-10-27/h4-22H,1-3H3. The third-order valence-electron chi connectivity index (χ3n) is 8.11. The molecule has 0 fully saturated rings. The molecule has 206 valence electrons. The number of hydrogen-bond acceptors (Lipinski definition) is 5. The van der Waals surface area contributed by atoms with Crippen LogP contribution in [-0.4, -0.2) is 19.9 Å². The summed E-state index contributed by atoms with van der Waals surface area (Å²) < 4.78 is 2.33. The smallest absolute Gasteiger partial charge is 0.160 e. The molecule has 0 atom stereocenters. The van der Waals surface area contributed by atoms with E-state index in [-0.39, 0.29) is 0 Å². The lowest BCUT2D eigenvalue weighted by Gasteiger charge is -2.14. The van der Waals surface area contributed by atoms with Crippen molar-refractivity contribution in [1.29, 1.82) is 0 Å². The number of rotatable bonds is 4. The molecule has 0 unspecified atom stereocenters. The van der Waals surface area contributed by atoms with Crippen LogP contribution in [0.5, 0.6) is 0 Å². The summed E-state index contributed by atoms with van der Waals surface area (Å²) in [5, 5.41) is 3.39. The van der Waals surface area contributed by atoms with Crippen molar-refractivity contribution in [3.8, 4) is 33.8 Å². The molecule has 0 radical (unpaired) electrons. The molecule has 0 aliphatic heterocycles. The van der Waals surface area contributed by atoms with Crippen LogP contribution in [-0.2, 0) is 0 Å². The van der Waals surface area contributed by atoms with Crippen LogP contribution in [0.1, 0.15) is 31.2 Å². The van der Waals surface area contributed by atoms with Gasteiger partial charge in [0.05, 0.1) is 26.9 Å². The van der Waals surface area contributed by atoms with Gasteiger partial charge in [-0.15, -0.1) is 11.3 Å². The van der Waals surface area contributed by atoms with E-state index in [1.54, 1.807) is 11.3 Å². The fourth-order valence-electron chi connectivity index (χ4n) is 5.83. The van der Waals surface area contributed by atoms with E-state index >= 15 is 0 Å². The predicted octanol–water partition coefficient (Wildman–Crippen LogP) is 10.4. The number of aryl methyl sites for hydroxylation is 1. The molecule has 43 heavy (non-hydrogen) atoms. The molecule has 4 nitrogen and oxygen atoms in total. The van der Waals surface area contributed by atoms with Crippen molar-refractivity contribution in [2.75, 3.05) is 0 Å². The van der Waals surface area contributed by atoms with Gasteiger partial charge < -0.3 is 0 Å². The van der Waals surface area contributed by atoms with E-state index in [9.17, 15) is 0 Å². The molecule has 5 heteroatoms. The number of hydrogen-bond donors (Lipinski definition) is 0. The second kappa shape index (κ2) is 10.1. The number of nitrogens with zero attached hydrogens (tertiary/aromatic N) is 4. The highest BCUT2D eigenvalue weighted by atomic mass is 32.1. The Labute approximate surface area is 253 Å². The molecule has 4 heterocycles. The van der Waals surface area contributed by atoms with Gasteiger partial charge in [-0.2, -0.15) is 0 Å². The minimum absolute atomic E-state index is 0.293. The summed E-state index contributed by atoms with van der Waals surface area (Å²) in [6.45, 7) is 6.43. The zero-order valence-corrected chi connectivity index (χ0v) is 25.0. The maximum Gasteiger partial charge on any atom is 0.160 e. The first kappa shape index (κ1) is 25.7. The Morgan fingerprint density at radius 1 is 0.581 bits per heavy atom. The van der Waals surface area contributed by atoms with E-state index in [1.807, 2.05) is 25.1 Å². The highest BCUT2D eigenvalue weighted by Gasteiger charge is 2.18. The van der Waals surface area contributed by atoms with Crippen LogP contribution >= 0.6 is 11.3 Å². The summed E-state index contributed by atoms with van der Waals surface area (Å²) in [5.41, 5.74) is 10.4. The minimum Gasteiger partial charge on any atom is -0.251 e. The Balaban J connectivity index is 1.32. The van der Waals surface area contributed by atoms with Gasteiger partial charge in [-0.3, -0.25) is 9.97 Å². The zero-order valence-electron chi connectivity index (χ0n) is 24.2. The average molecular weight is 573 g/mol. The summed E-state index contributed by atoms with van der Waals surface area (Å²) in [6.07, 6.45) is 0. The van der Waals surface area contributed by atoms with Gasteiger partial charge in [-0.05, 0) is 42.2 Å². The zero-order chi connectivity index (χ0) is 29.1. The number of fused-ring (bicyclic) bond motifs is 6. The van der Waals surface area contributed by atoms with Crippen molar-refractivity contribution in [1.82, 2.24) is 19.9 Å². The Hall–Kier alpha value is -5.00. The van der Waals surface area contributed by atoms with Crippen LogP contribution in [0, 0.1) is 6.92 Å². The molecule has 4 aromatic heterocycles. The molecule has 0 aliphatic rings.